The Balaban J connectivity index is 2.98. The Bertz CT molecular complexity index is 387. The molecule has 1 atom stereocenters. The monoisotopic (exact) mass is 265 g/mol. The lowest BCUT2D eigenvalue weighted by molar-refractivity contribution is 0.455. The molecule has 18 heavy (non-hydrogen) atoms. The second-order valence-corrected chi connectivity index (χ2v) is 6.12. The van der Waals surface area contributed by atoms with Crippen LogP contribution in [0.5, 0.6) is 0 Å². The van der Waals surface area contributed by atoms with Crippen molar-refractivity contribution in [2.75, 3.05) is 13.1 Å². The lowest BCUT2D eigenvalue weighted by Gasteiger charge is -2.30. The molecule has 0 aromatic heterocycles. The fraction of sp³-hybridized carbons (Fsp3) is 0.500. The van der Waals surface area contributed by atoms with E-state index < -0.39 is 0 Å². The summed E-state index contributed by atoms with van der Waals surface area (Å²) in [5.41, 5.74) is 2.64. The van der Waals surface area contributed by atoms with Crippen molar-refractivity contribution in [2.45, 2.75) is 33.6 Å². The number of hydrogen-bond acceptors (Lipinski definition) is 1. The van der Waals surface area contributed by atoms with Crippen molar-refractivity contribution in [1.29, 1.82) is 0 Å². The Labute approximate surface area is 116 Å². The molecule has 0 aliphatic carbocycles. The summed E-state index contributed by atoms with van der Waals surface area (Å²) in [6.07, 6.45) is 0. The summed E-state index contributed by atoms with van der Waals surface area (Å²) in [5.74, 6) is 0.335. The zero-order chi connectivity index (χ0) is 13.8. The van der Waals surface area contributed by atoms with Crippen LogP contribution in [0, 0.1) is 5.41 Å². The molecule has 0 aliphatic rings. The molecule has 1 nitrogen and oxygen atoms in total. The molecular weight excluding hydrogens is 242 g/mol. The normalized spacial score (nSPS) is 13.4. The van der Waals surface area contributed by atoms with Gasteiger partial charge in [-0.3, -0.25) is 0 Å². The molecule has 2 heteroatoms. The molecule has 0 radical (unpaired) electrons. The average Bonchev–Trinajstić information content (AvgIpc) is 2.30. The predicted octanol–water partition coefficient (Wildman–Crippen LogP) is 4.64. The number of likely N-dealkylation sites (N-methyl/N-ethyl adjacent to an activating group) is 1. The maximum atomic E-state index is 5.95. The summed E-state index contributed by atoms with van der Waals surface area (Å²) in [7, 11) is 0. The first kappa shape index (κ1) is 15.3. The summed E-state index contributed by atoms with van der Waals surface area (Å²) in [5, 5.41) is 4.20. The van der Waals surface area contributed by atoms with Gasteiger partial charge in [-0.25, -0.2) is 0 Å². The van der Waals surface area contributed by atoms with Crippen LogP contribution in [0.25, 0.3) is 0 Å². The molecule has 0 spiro atoms. The topological polar surface area (TPSA) is 12.0 Å². The highest BCUT2D eigenvalue weighted by atomic mass is 35.5. The summed E-state index contributed by atoms with van der Waals surface area (Å²) in [6.45, 7) is 15.0. The van der Waals surface area contributed by atoms with Crippen molar-refractivity contribution < 1.29 is 0 Å². The minimum Gasteiger partial charge on any atom is -0.316 e. The van der Waals surface area contributed by atoms with Gasteiger partial charge in [-0.05, 0) is 29.7 Å². The van der Waals surface area contributed by atoms with Crippen molar-refractivity contribution in [3.05, 3.63) is 47.0 Å². The van der Waals surface area contributed by atoms with Crippen LogP contribution in [-0.2, 0) is 0 Å². The Kier molecular flexibility index (Phi) is 5.43. The van der Waals surface area contributed by atoms with Gasteiger partial charge in [0.1, 0.15) is 0 Å². The first-order chi connectivity index (χ1) is 8.36. The molecule has 100 valence electrons. The van der Waals surface area contributed by atoms with E-state index in [9.17, 15) is 0 Å². The van der Waals surface area contributed by atoms with E-state index in [1.165, 1.54) is 11.1 Å². The number of rotatable bonds is 5. The van der Waals surface area contributed by atoms with Gasteiger partial charge in [-0.15, -0.1) is 0 Å². The molecule has 1 aromatic carbocycles. The Morgan fingerprint density at radius 2 is 1.83 bits per heavy atom. The van der Waals surface area contributed by atoms with Gasteiger partial charge in [0, 0.05) is 17.5 Å². The lowest BCUT2D eigenvalue weighted by Crippen LogP contribution is -2.26. The van der Waals surface area contributed by atoms with Crippen LogP contribution in [0.2, 0.25) is 5.02 Å². The van der Waals surface area contributed by atoms with E-state index in [2.05, 4.69) is 51.7 Å². The second-order valence-electron chi connectivity index (χ2n) is 5.69. The van der Waals surface area contributed by atoms with Gasteiger partial charge in [0.05, 0.1) is 0 Å². The minimum absolute atomic E-state index is 0.111. The number of benzene rings is 1. The number of nitrogens with one attached hydrogen (secondary N) is 1. The maximum Gasteiger partial charge on any atom is 0.0406 e. The third-order valence-electron chi connectivity index (χ3n) is 3.25. The predicted molar refractivity (Wildman–Crippen MR) is 81.3 cm³/mol. The van der Waals surface area contributed by atoms with Crippen molar-refractivity contribution in [3.8, 4) is 0 Å². The van der Waals surface area contributed by atoms with Gasteiger partial charge in [0.25, 0.3) is 0 Å². The average molecular weight is 266 g/mol. The first-order valence-electron chi connectivity index (χ1n) is 6.51. The van der Waals surface area contributed by atoms with E-state index in [1.54, 1.807) is 0 Å². The summed E-state index contributed by atoms with van der Waals surface area (Å²) >= 11 is 5.95. The highest BCUT2D eigenvalue weighted by molar-refractivity contribution is 6.30. The molecule has 1 rings (SSSR count). The van der Waals surface area contributed by atoms with Crippen LogP contribution in [-0.4, -0.2) is 13.1 Å². The third-order valence-corrected chi connectivity index (χ3v) is 3.51. The Hall–Kier alpha value is -0.790. The Morgan fingerprint density at radius 1 is 1.28 bits per heavy atom. The van der Waals surface area contributed by atoms with Gasteiger partial charge in [0.15, 0.2) is 0 Å². The van der Waals surface area contributed by atoms with Gasteiger partial charge >= 0.3 is 0 Å². The second kappa shape index (κ2) is 6.40. The maximum absolute atomic E-state index is 5.95. The first-order valence-corrected chi connectivity index (χ1v) is 6.89. The molecule has 1 aromatic rings. The minimum atomic E-state index is 0.111. The highest BCUT2D eigenvalue weighted by Gasteiger charge is 2.24. The third kappa shape index (κ3) is 4.15. The smallest absolute Gasteiger partial charge is 0.0406 e. The van der Waals surface area contributed by atoms with Crippen LogP contribution in [0.4, 0.5) is 0 Å². The van der Waals surface area contributed by atoms with E-state index in [0.29, 0.717) is 5.92 Å². The van der Waals surface area contributed by atoms with Crippen molar-refractivity contribution >= 4 is 11.6 Å². The zero-order valence-electron chi connectivity index (χ0n) is 11.9. The molecular formula is C16H24ClN. The van der Waals surface area contributed by atoms with Gasteiger partial charge in [0.2, 0.25) is 0 Å². The van der Waals surface area contributed by atoms with E-state index in [0.717, 1.165) is 18.1 Å². The molecule has 0 amide bonds. The van der Waals surface area contributed by atoms with Crippen LogP contribution in [0.15, 0.2) is 36.4 Å². The SMILES string of the molecule is C=C(C(CNCC)c1ccc(Cl)cc1)C(C)(C)C. The summed E-state index contributed by atoms with van der Waals surface area (Å²) in [6, 6.07) is 8.10. The molecule has 1 N–H and O–H groups in total. The molecule has 0 heterocycles. The van der Waals surface area contributed by atoms with Gasteiger partial charge < -0.3 is 5.32 Å². The van der Waals surface area contributed by atoms with Crippen molar-refractivity contribution in [2.24, 2.45) is 5.41 Å². The molecule has 0 fully saturated rings. The van der Waals surface area contributed by atoms with E-state index in [1.807, 2.05) is 12.1 Å². The molecule has 0 saturated heterocycles. The van der Waals surface area contributed by atoms with E-state index in [4.69, 9.17) is 11.6 Å². The van der Waals surface area contributed by atoms with Crippen LogP contribution < -0.4 is 5.32 Å². The fourth-order valence-corrected chi connectivity index (χ4v) is 2.07. The van der Waals surface area contributed by atoms with E-state index >= 15 is 0 Å². The zero-order valence-corrected chi connectivity index (χ0v) is 12.6. The molecule has 0 bridgehead atoms. The van der Waals surface area contributed by atoms with Crippen molar-refractivity contribution in [3.63, 3.8) is 0 Å². The molecule has 0 saturated carbocycles. The summed E-state index contributed by atoms with van der Waals surface area (Å²) < 4.78 is 0. The quantitative estimate of drug-likeness (QED) is 0.765. The molecule has 1 unspecified atom stereocenters. The number of halogens is 1. The Morgan fingerprint density at radius 3 is 2.28 bits per heavy atom. The van der Waals surface area contributed by atoms with E-state index in [-0.39, 0.29) is 5.41 Å². The van der Waals surface area contributed by atoms with Gasteiger partial charge in [-0.1, -0.05) is 63.6 Å². The highest BCUT2D eigenvalue weighted by Crippen LogP contribution is 2.35. The molecule has 0 aliphatic heterocycles. The fourth-order valence-electron chi connectivity index (χ4n) is 1.95. The standard InChI is InChI=1S/C16H24ClN/c1-6-18-11-15(12(2)16(3,4)5)13-7-9-14(17)10-8-13/h7-10,15,18H,2,6,11H2,1,3-5H3. The largest absolute Gasteiger partial charge is 0.316 e. The summed E-state index contributed by atoms with van der Waals surface area (Å²) in [4.78, 5) is 0. The van der Waals surface area contributed by atoms with Crippen LogP contribution in [0.1, 0.15) is 39.2 Å². The van der Waals surface area contributed by atoms with Crippen molar-refractivity contribution in [1.82, 2.24) is 5.32 Å². The lowest BCUT2D eigenvalue weighted by atomic mass is 9.77. The van der Waals surface area contributed by atoms with Gasteiger partial charge in [-0.2, -0.15) is 0 Å². The number of hydrogen-bond donors (Lipinski definition) is 1. The van der Waals surface area contributed by atoms with Crippen LogP contribution >= 0.6 is 11.6 Å². The van der Waals surface area contributed by atoms with Crippen LogP contribution in [0.3, 0.4) is 0 Å².